The molecule has 1 aromatic carbocycles. The number of carbonyl (C=O) groups excluding carboxylic acids is 1. The fourth-order valence-corrected chi connectivity index (χ4v) is 6.89. The quantitative estimate of drug-likeness (QED) is 0.399. The predicted molar refractivity (Wildman–Crippen MR) is 124 cm³/mol. The Morgan fingerprint density at radius 3 is 2.29 bits per heavy atom. The molecule has 1 heterocycles. The van der Waals surface area contributed by atoms with Gasteiger partial charge in [0.2, 0.25) is 0 Å². The summed E-state index contributed by atoms with van der Waals surface area (Å²) >= 11 is 6.56. The van der Waals surface area contributed by atoms with Gasteiger partial charge in [-0.3, -0.25) is 4.39 Å². The van der Waals surface area contributed by atoms with Gasteiger partial charge < -0.3 is 4.74 Å². The number of halogens is 2. The number of fused-ring (bicyclic) bond motifs is 1. The van der Waals surface area contributed by atoms with Gasteiger partial charge in [-0.2, -0.15) is 0 Å². The fourth-order valence-electron chi connectivity index (χ4n) is 6.53. The number of carbonyl (C=O) groups is 1. The summed E-state index contributed by atoms with van der Waals surface area (Å²) in [5.41, 5.74) is 2.74. The van der Waals surface area contributed by atoms with Crippen molar-refractivity contribution in [1.29, 1.82) is 0 Å². The van der Waals surface area contributed by atoms with Crippen LogP contribution in [0.4, 0.5) is 4.39 Å². The Morgan fingerprint density at radius 1 is 1.00 bits per heavy atom. The van der Waals surface area contributed by atoms with E-state index in [1.807, 2.05) is 0 Å². The smallest absolute Gasteiger partial charge is 0.340 e. The van der Waals surface area contributed by atoms with Gasteiger partial charge >= 0.3 is 5.97 Å². The first-order valence-electron chi connectivity index (χ1n) is 12.7. The van der Waals surface area contributed by atoms with Crippen LogP contribution < -0.4 is 0 Å². The third-order valence-electron chi connectivity index (χ3n) is 8.36. The van der Waals surface area contributed by atoms with Crippen molar-refractivity contribution in [3.05, 3.63) is 33.8 Å². The van der Waals surface area contributed by atoms with Crippen LogP contribution in [0.2, 0.25) is 5.02 Å². The fraction of sp³-hybridized carbons (Fsp3) is 0.741. The van der Waals surface area contributed by atoms with Gasteiger partial charge in [-0.05, 0) is 92.6 Å². The molecule has 0 radical (unpaired) electrons. The molecule has 0 N–H and O–H groups in total. The number of benzene rings is 1. The van der Waals surface area contributed by atoms with E-state index in [-0.39, 0.29) is 18.7 Å². The van der Waals surface area contributed by atoms with E-state index in [0.29, 0.717) is 16.5 Å². The molecule has 0 spiro atoms. The van der Waals surface area contributed by atoms with Crippen LogP contribution in [0.15, 0.2) is 12.1 Å². The van der Waals surface area contributed by atoms with E-state index in [9.17, 15) is 9.18 Å². The molecule has 2 aliphatic carbocycles. The first-order valence-corrected chi connectivity index (χ1v) is 13.1. The highest BCUT2D eigenvalue weighted by Gasteiger charge is 2.38. The Hall–Kier alpha value is -1.09. The highest BCUT2D eigenvalue weighted by atomic mass is 35.5. The lowest BCUT2D eigenvalue weighted by Gasteiger charge is -2.40. The van der Waals surface area contributed by atoms with Crippen LogP contribution in [0, 0.1) is 23.7 Å². The minimum Gasteiger partial charge on any atom is -0.458 e. The van der Waals surface area contributed by atoms with Gasteiger partial charge in [-0.15, -0.1) is 0 Å². The van der Waals surface area contributed by atoms with Gasteiger partial charge in [0.05, 0.1) is 17.3 Å². The molecule has 0 amide bonds. The maximum Gasteiger partial charge on any atom is 0.340 e. The molecule has 1 aromatic rings. The van der Waals surface area contributed by atoms with E-state index in [1.165, 1.54) is 51.4 Å². The van der Waals surface area contributed by atoms with E-state index in [0.717, 1.165) is 61.0 Å². The van der Waals surface area contributed by atoms with Crippen molar-refractivity contribution in [3.63, 3.8) is 0 Å². The molecule has 1 unspecified atom stereocenters. The van der Waals surface area contributed by atoms with Crippen LogP contribution in [-0.4, -0.2) is 18.7 Å². The number of cyclic esters (lactones) is 1. The molecule has 2 saturated carbocycles. The summed E-state index contributed by atoms with van der Waals surface area (Å²) in [4.78, 5) is 12.8. The van der Waals surface area contributed by atoms with Crippen molar-refractivity contribution < 1.29 is 13.9 Å². The second-order valence-electron chi connectivity index (χ2n) is 10.3. The second-order valence-corrected chi connectivity index (χ2v) is 10.6. The Balaban J connectivity index is 1.30. The minimum absolute atomic E-state index is 0.00507. The van der Waals surface area contributed by atoms with E-state index < -0.39 is 0 Å². The van der Waals surface area contributed by atoms with Crippen molar-refractivity contribution in [2.75, 3.05) is 6.67 Å². The molecule has 4 rings (SSSR count). The molecule has 172 valence electrons. The summed E-state index contributed by atoms with van der Waals surface area (Å²) in [5.74, 6) is 2.70. The highest BCUT2D eigenvalue weighted by Crippen LogP contribution is 2.44. The lowest BCUT2D eigenvalue weighted by Crippen LogP contribution is -2.37. The van der Waals surface area contributed by atoms with Crippen LogP contribution >= 0.6 is 11.6 Å². The highest BCUT2D eigenvalue weighted by molar-refractivity contribution is 6.34. The second kappa shape index (κ2) is 10.7. The van der Waals surface area contributed by atoms with Gasteiger partial charge in [-0.25, -0.2) is 4.79 Å². The molecule has 1 atom stereocenters. The summed E-state index contributed by atoms with van der Waals surface area (Å²) in [6.45, 7) is 1.96. The molecule has 1 aliphatic heterocycles. The Labute approximate surface area is 192 Å². The van der Waals surface area contributed by atoms with Crippen LogP contribution in [0.5, 0.6) is 0 Å². The van der Waals surface area contributed by atoms with Crippen molar-refractivity contribution in [1.82, 2.24) is 0 Å². The van der Waals surface area contributed by atoms with Crippen LogP contribution in [-0.2, 0) is 17.6 Å². The number of aryl methyl sites for hydroxylation is 1. The normalized spacial score (nSPS) is 31.2. The summed E-state index contributed by atoms with van der Waals surface area (Å²) in [6.07, 6.45) is 14.7. The van der Waals surface area contributed by atoms with E-state index >= 15 is 0 Å². The molecule has 2 fully saturated rings. The topological polar surface area (TPSA) is 26.3 Å². The zero-order valence-corrected chi connectivity index (χ0v) is 19.8. The molecular formula is C27H38ClFO2. The molecule has 0 saturated heterocycles. The van der Waals surface area contributed by atoms with E-state index in [1.54, 1.807) is 0 Å². The molecule has 2 nitrogen and oxygen atoms in total. The number of alkyl halides is 1. The first kappa shape index (κ1) is 23.1. The molecule has 0 bridgehead atoms. The van der Waals surface area contributed by atoms with Gasteiger partial charge in [-0.1, -0.05) is 49.9 Å². The lowest BCUT2D eigenvalue weighted by atomic mass is 9.67. The van der Waals surface area contributed by atoms with Crippen molar-refractivity contribution in [2.24, 2.45) is 23.7 Å². The number of esters is 1. The van der Waals surface area contributed by atoms with Gasteiger partial charge in [0.1, 0.15) is 6.10 Å². The average Bonchev–Trinajstić information content (AvgIpc) is 2.80. The molecule has 31 heavy (non-hydrogen) atoms. The molecule has 0 aromatic heterocycles. The predicted octanol–water partition coefficient (Wildman–Crippen LogP) is 7.74. The lowest BCUT2D eigenvalue weighted by molar-refractivity contribution is -0.00336. The zero-order chi connectivity index (χ0) is 21.8. The first-order chi connectivity index (χ1) is 15.1. The SMILES string of the molecule is CCCc1ccc2c(c1Cl)C(=O)OC(C1CCC(C3CCC(CCCF)CC3)CC1)C2. The van der Waals surface area contributed by atoms with E-state index in [4.69, 9.17) is 16.3 Å². The van der Waals surface area contributed by atoms with Crippen molar-refractivity contribution >= 4 is 17.6 Å². The van der Waals surface area contributed by atoms with Gasteiger partial charge in [0.25, 0.3) is 0 Å². The summed E-state index contributed by atoms with van der Waals surface area (Å²) in [7, 11) is 0. The number of hydrogen-bond acceptors (Lipinski definition) is 2. The van der Waals surface area contributed by atoms with E-state index in [2.05, 4.69) is 19.1 Å². The maximum absolute atomic E-state index is 12.8. The molecular weight excluding hydrogens is 411 g/mol. The Morgan fingerprint density at radius 2 is 1.65 bits per heavy atom. The molecule has 3 aliphatic rings. The Kier molecular flexibility index (Phi) is 7.96. The van der Waals surface area contributed by atoms with Crippen LogP contribution in [0.3, 0.4) is 0 Å². The van der Waals surface area contributed by atoms with Crippen molar-refractivity contribution in [2.45, 2.75) is 96.5 Å². The summed E-state index contributed by atoms with van der Waals surface area (Å²) < 4.78 is 18.4. The van der Waals surface area contributed by atoms with Crippen LogP contribution in [0.1, 0.15) is 99.0 Å². The summed E-state index contributed by atoms with van der Waals surface area (Å²) in [6, 6.07) is 4.20. The zero-order valence-electron chi connectivity index (χ0n) is 19.0. The van der Waals surface area contributed by atoms with Gasteiger partial charge in [0.15, 0.2) is 0 Å². The Bertz CT molecular complexity index is 748. The monoisotopic (exact) mass is 448 g/mol. The number of ether oxygens (including phenoxy) is 1. The minimum atomic E-state index is -0.220. The van der Waals surface area contributed by atoms with Crippen molar-refractivity contribution in [3.8, 4) is 0 Å². The number of hydrogen-bond donors (Lipinski definition) is 0. The average molecular weight is 449 g/mol. The summed E-state index contributed by atoms with van der Waals surface area (Å²) in [5, 5.41) is 0.605. The third kappa shape index (κ3) is 5.29. The maximum atomic E-state index is 12.8. The standard InChI is InChI=1S/C27H38ClFO2/c1-2-4-22-14-15-23-17-24(31-27(30)25(23)26(22)28)21-12-10-20(11-13-21)19-8-6-18(7-9-19)5-3-16-29/h14-15,18-21,24H,2-13,16-17H2,1H3. The molecule has 4 heteroatoms. The van der Waals surface area contributed by atoms with Gasteiger partial charge in [0, 0.05) is 6.42 Å². The number of rotatable bonds is 7. The largest absolute Gasteiger partial charge is 0.458 e. The van der Waals surface area contributed by atoms with Crippen LogP contribution in [0.25, 0.3) is 0 Å². The third-order valence-corrected chi connectivity index (χ3v) is 8.79.